The lowest BCUT2D eigenvalue weighted by atomic mass is 10.0. The Balaban J connectivity index is 2.31. The van der Waals surface area contributed by atoms with Gasteiger partial charge in [-0.3, -0.25) is 0 Å². The first-order chi connectivity index (χ1) is 8.79. The number of hydrogen-bond acceptors (Lipinski definition) is 2. The minimum absolute atomic E-state index is 0.535. The van der Waals surface area contributed by atoms with Crippen LogP contribution in [0.2, 0.25) is 0 Å². The number of benzene rings is 1. The summed E-state index contributed by atoms with van der Waals surface area (Å²) in [5.41, 5.74) is 5.44. The Kier molecular flexibility index (Phi) is 2.73. The number of H-pyrrole nitrogens is 1. The van der Waals surface area contributed by atoms with Gasteiger partial charge in [0.05, 0.1) is 5.56 Å². The van der Waals surface area contributed by atoms with Gasteiger partial charge in [0.25, 0.3) is 0 Å². The van der Waals surface area contributed by atoms with Crippen LogP contribution >= 0.6 is 12.2 Å². The predicted octanol–water partition coefficient (Wildman–Crippen LogP) is 3.77. The summed E-state index contributed by atoms with van der Waals surface area (Å²) in [6.45, 7) is 0. The van der Waals surface area contributed by atoms with Gasteiger partial charge >= 0.3 is 0 Å². The van der Waals surface area contributed by atoms with E-state index in [4.69, 9.17) is 17.5 Å². The summed E-state index contributed by atoms with van der Waals surface area (Å²) in [6, 6.07) is 12.5. The topological polar surface area (TPSA) is 39.6 Å². The Labute approximate surface area is 111 Å². The Morgan fingerprint density at radius 2 is 1.94 bits per heavy atom. The molecule has 0 saturated heterocycles. The Hall–Kier alpha value is -1.92. The minimum atomic E-state index is 0.535. The molecule has 88 valence electrons. The molecule has 1 N–H and O–H groups in total. The number of rotatable bonds is 0. The van der Waals surface area contributed by atoms with Gasteiger partial charge in [-0.25, -0.2) is 0 Å². The molecule has 1 heterocycles. The molecule has 1 aliphatic carbocycles. The predicted molar refractivity (Wildman–Crippen MR) is 73.8 cm³/mol. The summed E-state index contributed by atoms with van der Waals surface area (Å²) in [7, 11) is 0. The highest BCUT2D eigenvalue weighted by molar-refractivity contribution is 7.71. The van der Waals surface area contributed by atoms with Gasteiger partial charge in [0, 0.05) is 11.3 Å². The van der Waals surface area contributed by atoms with Crippen LogP contribution in [0.3, 0.4) is 0 Å². The lowest BCUT2D eigenvalue weighted by molar-refractivity contribution is 0.833. The number of pyridine rings is 1. The van der Waals surface area contributed by atoms with Gasteiger partial charge in [0.2, 0.25) is 0 Å². The summed E-state index contributed by atoms with van der Waals surface area (Å²) in [6.07, 6.45) is 3.18. The maximum absolute atomic E-state index is 9.05. The molecule has 3 heteroatoms. The molecule has 1 aromatic carbocycles. The zero-order valence-corrected chi connectivity index (χ0v) is 10.7. The maximum atomic E-state index is 9.05. The van der Waals surface area contributed by atoms with Gasteiger partial charge in [-0.2, -0.15) is 5.26 Å². The van der Waals surface area contributed by atoms with E-state index in [1.807, 2.05) is 12.1 Å². The molecular weight excluding hydrogens is 240 g/mol. The van der Waals surface area contributed by atoms with Gasteiger partial charge in [-0.1, -0.05) is 36.5 Å². The van der Waals surface area contributed by atoms with Gasteiger partial charge in [-0.05, 0) is 36.5 Å². The zero-order chi connectivity index (χ0) is 12.5. The third-order valence-electron chi connectivity index (χ3n) is 3.42. The molecule has 2 nitrogen and oxygen atoms in total. The van der Waals surface area contributed by atoms with Gasteiger partial charge in [0.15, 0.2) is 0 Å². The summed E-state index contributed by atoms with van der Waals surface area (Å²) in [5, 5.41) is 9.05. The summed E-state index contributed by atoms with van der Waals surface area (Å²) in [4.78, 5) is 3.24. The van der Waals surface area contributed by atoms with Crippen LogP contribution in [0.4, 0.5) is 0 Å². The molecule has 0 saturated carbocycles. The van der Waals surface area contributed by atoms with Crippen molar-refractivity contribution in [3.05, 3.63) is 51.7 Å². The van der Waals surface area contributed by atoms with Crippen molar-refractivity contribution in [2.24, 2.45) is 0 Å². The van der Waals surface area contributed by atoms with Crippen molar-refractivity contribution in [2.75, 3.05) is 0 Å². The van der Waals surface area contributed by atoms with Crippen LogP contribution in [-0.4, -0.2) is 4.98 Å². The van der Waals surface area contributed by atoms with Crippen molar-refractivity contribution < 1.29 is 0 Å². The molecule has 0 radical (unpaired) electrons. The first kappa shape index (κ1) is 11.2. The molecule has 3 rings (SSSR count). The zero-order valence-electron chi connectivity index (χ0n) is 9.86. The van der Waals surface area contributed by atoms with E-state index in [1.54, 1.807) is 0 Å². The smallest absolute Gasteiger partial charge is 0.121 e. The molecule has 0 amide bonds. The number of nitrogens with zero attached hydrogens (tertiary/aromatic N) is 1. The van der Waals surface area contributed by atoms with Crippen LogP contribution in [0.25, 0.3) is 11.3 Å². The lowest BCUT2D eigenvalue weighted by Gasteiger charge is -2.09. The standard InChI is InChI=1S/C15H12N2S/c16-9-12-8-11-6-3-5-10-4-1-2-7-13(10)14(11)17-15(12)18/h1-2,4,7-8H,3,5-6H2,(H,17,18). The summed E-state index contributed by atoms with van der Waals surface area (Å²) >= 11 is 5.23. The van der Waals surface area contributed by atoms with Crippen molar-refractivity contribution in [3.63, 3.8) is 0 Å². The monoisotopic (exact) mass is 252 g/mol. The van der Waals surface area contributed by atoms with E-state index in [1.165, 1.54) is 16.7 Å². The van der Waals surface area contributed by atoms with Crippen molar-refractivity contribution in [1.82, 2.24) is 4.98 Å². The fourth-order valence-corrected chi connectivity index (χ4v) is 2.75. The molecule has 18 heavy (non-hydrogen) atoms. The second-order valence-corrected chi connectivity index (χ2v) is 4.94. The number of nitrogens with one attached hydrogen (secondary N) is 1. The van der Waals surface area contributed by atoms with E-state index in [9.17, 15) is 0 Å². The number of aromatic amines is 1. The van der Waals surface area contributed by atoms with Gasteiger partial charge in [0.1, 0.15) is 10.7 Å². The Morgan fingerprint density at radius 3 is 2.78 bits per heavy atom. The highest BCUT2D eigenvalue weighted by atomic mass is 32.1. The van der Waals surface area contributed by atoms with Gasteiger partial charge < -0.3 is 4.98 Å². The second-order valence-electron chi connectivity index (χ2n) is 4.53. The number of fused-ring (bicyclic) bond motifs is 3. The summed E-state index contributed by atoms with van der Waals surface area (Å²) < 4.78 is 0.535. The Bertz CT molecular complexity index is 707. The first-order valence-corrected chi connectivity index (χ1v) is 6.45. The van der Waals surface area contributed by atoms with E-state index in [0.717, 1.165) is 25.0 Å². The molecule has 1 aromatic heterocycles. The molecule has 0 unspecified atom stereocenters. The second kappa shape index (κ2) is 4.40. The maximum Gasteiger partial charge on any atom is 0.121 e. The van der Waals surface area contributed by atoms with Gasteiger partial charge in [-0.15, -0.1) is 0 Å². The number of nitriles is 1. The van der Waals surface area contributed by atoms with E-state index >= 15 is 0 Å². The van der Waals surface area contributed by atoms with Crippen LogP contribution in [0.15, 0.2) is 30.3 Å². The third kappa shape index (κ3) is 1.75. The molecule has 1 aliphatic rings. The first-order valence-electron chi connectivity index (χ1n) is 6.04. The van der Waals surface area contributed by atoms with Crippen LogP contribution in [0.5, 0.6) is 0 Å². The highest BCUT2D eigenvalue weighted by Gasteiger charge is 2.15. The summed E-state index contributed by atoms with van der Waals surface area (Å²) in [5.74, 6) is 0. The molecule has 2 aromatic rings. The van der Waals surface area contributed by atoms with Crippen LogP contribution in [-0.2, 0) is 12.8 Å². The van der Waals surface area contributed by atoms with Crippen molar-refractivity contribution >= 4 is 12.2 Å². The lowest BCUT2D eigenvalue weighted by Crippen LogP contribution is -1.95. The molecule has 0 spiro atoms. The normalized spacial score (nSPS) is 13.1. The number of hydrogen-bond donors (Lipinski definition) is 1. The molecule has 0 bridgehead atoms. The van der Waals surface area contributed by atoms with E-state index in [2.05, 4.69) is 29.3 Å². The molecule has 0 fully saturated rings. The third-order valence-corrected chi connectivity index (χ3v) is 3.74. The molecule has 0 atom stereocenters. The SMILES string of the molecule is N#Cc1cc2c([nH]c1=S)-c1ccccc1CCC2. The quantitative estimate of drug-likeness (QED) is 0.725. The van der Waals surface area contributed by atoms with Crippen molar-refractivity contribution in [2.45, 2.75) is 19.3 Å². The van der Waals surface area contributed by atoms with Crippen LogP contribution in [0, 0.1) is 16.0 Å². The Morgan fingerprint density at radius 1 is 1.17 bits per heavy atom. The minimum Gasteiger partial charge on any atom is -0.345 e. The average Bonchev–Trinajstić information content (AvgIpc) is 2.57. The molecule has 0 aliphatic heterocycles. The fraction of sp³-hybridized carbons (Fsp3) is 0.200. The molecular formula is C15H12N2S. The van der Waals surface area contributed by atoms with E-state index in [-0.39, 0.29) is 0 Å². The van der Waals surface area contributed by atoms with Crippen LogP contribution < -0.4 is 0 Å². The van der Waals surface area contributed by atoms with Crippen LogP contribution in [0.1, 0.15) is 23.1 Å². The van der Waals surface area contributed by atoms with Crippen molar-refractivity contribution in [3.8, 4) is 17.3 Å². The number of aromatic nitrogens is 1. The van der Waals surface area contributed by atoms with E-state index < -0.39 is 0 Å². The highest BCUT2D eigenvalue weighted by Crippen LogP contribution is 2.31. The largest absolute Gasteiger partial charge is 0.345 e. The number of aryl methyl sites for hydroxylation is 2. The van der Waals surface area contributed by atoms with E-state index in [0.29, 0.717) is 10.2 Å². The van der Waals surface area contributed by atoms with Crippen molar-refractivity contribution in [1.29, 1.82) is 5.26 Å². The average molecular weight is 252 g/mol. The fourth-order valence-electron chi connectivity index (χ4n) is 2.55.